The van der Waals surface area contributed by atoms with Crippen LogP contribution < -0.4 is 5.32 Å². The molecule has 0 radical (unpaired) electrons. The molecule has 2 heterocycles. The zero-order chi connectivity index (χ0) is 10.4. The smallest absolute Gasteiger partial charge is 0.174 e. The summed E-state index contributed by atoms with van der Waals surface area (Å²) in [5.41, 5.74) is 1.44. The molecule has 0 fully saturated rings. The van der Waals surface area contributed by atoms with Gasteiger partial charge in [0.25, 0.3) is 0 Å². The highest BCUT2D eigenvalue weighted by Crippen LogP contribution is 2.37. The average Bonchev–Trinajstić information content (AvgIpc) is 2.65. The lowest BCUT2D eigenvalue weighted by Gasteiger charge is -2.16. The van der Waals surface area contributed by atoms with Gasteiger partial charge in [0.15, 0.2) is 5.76 Å². The maximum atomic E-state index is 13.4. The highest BCUT2D eigenvalue weighted by molar-refractivity contribution is 5.79. The van der Waals surface area contributed by atoms with Gasteiger partial charge < -0.3 is 9.84 Å². The van der Waals surface area contributed by atoms with Crippen LogP contribution in [-0.4, -0.2) is 5.16 Å². The predicted molar refractivity (Wildman–Crippen MR) is 49.2 cm³/mol. The van der Waals surface area contributed by atoms with Gasteiger partial charge in [0.2, 0.25) is 0 Å². The molecule has 1 N–H and O–H groups in total. The second-order valence-electron chi connectivity index (χ2n) is 3.34. The monoisotopic (exact) mass is 208 g/mol. The largest absolute Gasteiger partial charge is 0.378 e. The lowest BCUT2D eigenvalue weighted by molar-refractivity contribution is 0.430. The maximum absolute atomic E-state index is 13.4. The molecule has 76 valence electrons. The molecule has 0 bridgehead atoms. The first-order chi connectivity index (χ1) is 7.25. The van der Waals surface area contributed by atoms with E-state index in [-0.39, 0.29) is 5.69 Å². The van der Waals surface area contributed by atoms with E-state index in [0.29, 0.717) is 17.9 Å². The molecule has 3 nitrogen and oxygen atoms in total. The first kappa shape index (κ1) is 8.40. The van der Waals surface area contributed by atoms with E-state index in [2.05, 4.69) is 10.5 Å². The Morgan fingerprint density at radius 1 is 1.33 bits per heavy atom. The average molecular weight is 208 g/mol. The quantitative estimate of drug-likeness (QED) is 0.722. The van der Waals surface area contributed by atoms with Gasteiger partial charge in [-0.1, -0.05) is 5.16 Å². The number of aromatic nitrogens is 1. The molecule has 1 aromatic carbocycles. The Labute approximate surface area is 83.7 Å². The zero-order valence-corrected chi connectivity index (χ0v) is 7.55. The number of hydrogen-bond donors (Lipinski definition) is 1. The van der Waals surface area contributed by atoms with Gasteiger partial charge in [0, 0.05) is 23.7 Å². The van der Waals surface area contributed by atoms with Crippen LogP contribution in [0.3, 0.4) is 0 Å². The predicted octanol–water partition coefficient (Wildman–Crippen LogP) is 2.55. The highest BCUT2D eigenvalue weighted by Gasteiger charge is 2.23. The summed E-state index contributed by atoms with van der Waals surface area (Å²) in [5.74, 6) is -0.813. The van der Waals surface area contributed by atoms with Crippen LogP contribution in [0.15, 0.2) is 22.9 Å². The Balaban J connectivity index is 2.32. The Kier molecular flexibility index (Phi) is 1.56. The van der Waals surface area contributed by atoms with Gasteiger partial charge in [0.1, 0.15) is 11.6 Å². The lowest BCUT2D eigenvalue weighted by atomic mass is 10.0. The number of rotatable bonds is 0. The van der Waals surface area contributed by atoms with Crippen molar-refractivity contribution in [1.82, 2.24) is 5.16 Å². The lowest BCUT2D eigenvalue weighted by Crippen LogP contribution is -2.09. The fourth-order valence-corrected chi connectivity index (χ4v) is 1.72. The topological polar surface area (TPSA) is 38.1 Å². The van der Waals surface area contributed by atoms with Crippen LogP contribution in [-0.2, 0) is 6.54 Å². The van der Waals surface area contributed by atoms with Crippen LogP contribution in [0, 0.1) is 11.6 Å². The first-order valence-electron chi connectivity index (χ1n) is 4.42. The SMILES string of the molecule is Fc1cc(F)c2c(c1)-c1oncc1CN2. The minimum absolute atomic E-state index is 0.264. The normalized spacial score (nSPS) is 12.9. The summed E-state index contributed by atoms with van der Waals surface area (Å²) in [7, 11) is 0. The molecule has 1 aromatic heterocycles. The van der Waals surface area contributed by atoms with Crippen molar-refractivity contribution in [3.8, 4) is 11.3 Å². The molecule has 2 aromatic rings. The Morgan fingerprint density at radius 3 is 3.07 bits per heavy atom. The molecule has 0 saturated heterocycles. The Morgan fingerprint density at radius 2 is 2.20 bits per heavy atom. The van der Waals surface area contributed by atoms with Gasteiger partial charge in [-0.15, -0.1) is 0 Å². The van der Waals surface area contributed by atoms with Crippen LogP contribution >= 0.6 is 0 Å². The minimum Gasteiger partial charge on any atom is -0.378 e. The van der Waals surface area contributed by atoms with Crippen molar-refractivity contribution in [2.75, 3.05) is 5.32 Å². The molecular weight excluding hydrogens is 202 g/mol. The summed E-state index contributed by atoms with van der Waals surface area (Å²) in [6, 6.07) is 2.07. The number of benzene rings is 1. The summed E-state index contributed by atoms with van der Waals surface area (Å²) in [4.78, 5) is 0. The van der Waals surface area contributed by atoms with Gasteiger partial charge in [-0.05, 0) is 6.07 Å². The van der Waals surface area contributed by atoms with Crippen molar-refractivity contribution in [2.45, 2.75) is 6.54 Å². The van der Waals surface area contributed by atoms with Gasteiger partial charge in [0.05, 0.1) is 11.9 Å². The van der Waals surface area contributed by atoms with Crippen LogP contribution in [0.2, 0.25) is 0 Å². The summed E-state index contributed by atoms with van der Waals surface area (Å²) in [6.45, 7) is 0.439. The number of hydrogen-bond acceptors (Lipinski definition) is 3. The summed E-state index contributed by atoms with van der Waals surface area (Å²) in [6.07, 6.45) is 1.54. The van der Waals surface area contributed by atoms with E-state index in [9.17, 15) is 8.78 Å². The Bertz CT molecular complexity index is 536. The molecule has 1 aliphatic heterocycles. The van der Waals surface area contributed by atoms with Crippen LogP contribution in [0.4, 0.5) is 14.5 Å². The molecule has 0 amide bonds. The molecule has 15 heavy (non-hydrogen) atoms. The third kappa shape index (κ3) is 1.12. The van der Waals surface area contributed by atoms with Crippen molar-refractivity contribution in [3.05, 3.63) is 35.5 Å². The van der Waals surface area contributed by atoms with Crippen molar-refractivity contribution in [1.29, 1.82) is 0 Å². The molecule has 0 spiro atoms. The van der Waals surface area contributed by atoms with E-state index in [4.69, 9.17) is 4.52 Å². The molecule has 1 aliphatic rings. The number of nitrogens with one attached hydrogen (secondary N) is 1. The van der Waals surface area contributed by atoms with Crippen molar-refractivity contribution >= 4 is 5.69 Å². The summed E-state index contributed by atoms with van der Waals surface area (Å²) >= 11 is 0. The molecule has 5 heteroatoms. The minimum atomic E-state index is -0.627. The fraction of sp³-hybridized carbons (Fsp3) is 0.100. The van der Waals surface area contributed by atoms with Crippen molar-refractivity contribution in [2.24, 2.45) is 0 Å². The fourth-order valence-electron chi connectivity index (χ4n) is 1.72. The van der Waals surface area contributed by atoms with Gasteiger partial charge in [-0.25, -0.2) is 8.78 Å². The van der Waals surface area contributed by atoms with Crippen LogP contribution in [0.1, 0.15) is 5.56 Å². The molecule has 0 saturated carbocycles. The third-order valence-corrected chi connectivity index (χ3v) is 2.40. The van der Waals surface area contributed by atoms with E-state index in [1.807, 2.05) is 0 Å². The third-order valence-electron chi connectivity index (χ3n) is 2.40. The van der Waals surface area contributed by atoms with Crippen molar-refractivity contribution < 1.29 is 13.3 Å². The van der Waals surface area contributed by atoms with E-state index in [1.54, 1.807) is 0 Å². The van der Waals surface area contributed by atoms with E-state index < -0.39 is 11.6 Å². The van der Waals surface area contributed by atoms with Crippen molar-refractivity contribution in [3.63, 3.8) is 0 Å². The molecule has 0 atom stereocenters. The highest BCUT2D eigenvalue weighted by atomic mass is 19.1. The first-order valence-corrected chi connectivity index (χ1v) is 4.42. The second kappa shape index (κ2) is 2.79. The van der Waals surface area contributed by atoms with Gasteiger partial charge in [-0.2, -0.15) is 0 Å². The molecule has 0 aliphatic carbocycles. The summed E-state index contributed by atoms with van der Waals surface area (Å²) < 4.78 is 31.4. The van der Waals surface area contributed by atoms with E-state index in [0.717, 1.165) is 11.6 Å². The van der Waals surface area contributed by atoms with Crippen LogP contribution in [0.5, 0.6) is 0 Å². The van der Waals surface area contributed by atoms with Crippen LogP contribution in [0.25, 0.3) is 11.3 Å². The van der Waals surface area contributed by atoms with Gasteiger partial charge in [-0.3, -0.25) is 0 Å². The zero-order valence-electron chi connectivity index (χ0n) is 7.55. The molecule has 0 unspecified atom stereocenters. The molecule has 3 rings (SSSR count). The molecular formula is C10H6F2N2O. The number of halogens is 2. The Hall–Kier alpha value is -1.91. The number of nitrogens with zero attached hydrogens (tertiary/aromatic N) is 1. The second-order valence-corrected chi connectivity index (χ2v) is 3.34. The van der Waals surface area contributed by atoms with E-state index in [1.165, 1.54) is 12.3 Å². The summed E-state index contributed by atoms with van der Waals surface area (Å²) in [5, 5.41) is 6.46. The number of anilines is 1. The standard InChI is InChI=1S/C10H6F2N2O/c11-6-1-7-9(8(12)2-6)13-3-5-4-14-15-10(5)7/h1-2,4,13H,3H2. The van der Waals surface area contributed by atoms with E-state index >= 15 is 0 Å². The number of fused-ring (bicyclic) bond motifs is 3. The van der Waals surface area contributed by atoms with Gasteiger partial charge >= 0.3 is 0 Å². The maximum Gasteiger partial charge on any atom is 0.174 e.